The summed E-state index contributed by atoms with van der Waals surface area (Å²) in [5, 5.41) is 9.48. The van der Waals surface area contributed by atoms with Crippen LogP contribution in [0.2, 0.25) is 0 Å². The molecule has 0 aliphatic rings. The number of Topliss-reactive ketones (excluding diaryl/α,β-unsaturated/α-hetero) is 1. The number of aliphatic hydroxyl groups excluding tert-OH is 1. The molecule has 3 rings (SSSR count). The van der Waals surface area contributed by atoms with Crippen LogP contribution in [-0.4, -0.2) is 15.9 Å². The van der Waals surface area contributed by atoms with E-state index in [2.05, 4.69) is 4.98 Å². The van der Waals surface area contributed by atoms with Crippen molar-refractivity contribution in [1.29, 1.82) is 0 Å². The number of halogens is 1. The first-order valence-corrected chi connectivity index (χ1v) is 8.88. The van der Waals surface area contributed by atoms with Gasteiger partial charge in [-0.2, -0.15) is 0 Å². The molecule has 0 aliphatic heterocycles. The highest BCUT2D eigenvalue weighted by Crippen LogP contribution is 2.16. The molecule has 2 N–H and O–H groups in total. The minimum Gasteiger partial charge on any atom is -0.483 e. The van der Waals surface area contributed by atoms with Crippen LogP contribution in [0.5, 0.6) is 5.75 Å². The molecule has 2 aromatic carbocycles. The van der Waals surface area contributed by atoms with Crippen molar-refractivity contribution >= 4 is 5.78 Å². The van der Waals surface area contributed by atoms with Gasteiger partial charge in [-0.3, -0.25) is 9.59 Å². The molecule has 1 aromatic heterocycles. The summed E-state index contributed by atoms with van der Waals surface area (Å²) in [5.41, 5.74) is 1.30. The molecule has 0 saturated heterocycles. The summed E-state index contributed by atoms with van der Waals surface area (Å²) in [6.45, 7) is -0.270. The molecule has 0 aliphatic carbocycles. The van der Waals surface area contributed by atoms with E-state index in [1.807, 2.05) is 30.3 Å². The number of pyridine rings is 1. The maximum atomic E-state index is 13.0. The van der Waals surface area contributed by atoms with Gasteiger partial charge in [-0.05, 0) is 29.7 Å². The van der Waals surface area contributed by atoms with E-state index in [9.17, 15) is 19.1 Å². The molecule has 0 atom stereocenters. The summed E-state index contributed by atoms with van der Waals surface area (Å²) < 4.78 is 18.6. The molecule has 0 spiro atoms. The summed E-state index contributed by atoms with van der Waals surface area (Å²) >= 11 is 0. The molecule has 0 fully saturated rings. The quantitative estimate of drug-likeness (QED) is 0.586. The second-order valence-corrected chi connectivity index (χ2v) is 6.32. The highest BCUT2D eigenvalue weighted by Gasteiger charge is 2.18. The highest BCUT2D eigenvalue weighted by atomic mass is 19.1. The van der Waals surface area contributed by atoms with Crippen molar-refractivity contribution in [3.05, 3.63) is 99.2 Å². The lowest BCUT2D eigenvalue weighted by molar-refractivity contribution is 0.0980. The fourth-order valence-electron chi connectivity index (χ4n) is 2.80. The summed E-state index contributed by atoms with van der Waals surface area (Å²) in [7, 11) is 0. The van der Waals surface area contributed by atoms with Crippen LogP contribution in [-0.2, 0) is 19.6 Å². The normalized spacial score (nSPS) is 10.6. The average Bonchev–Trinajstić information content (AvgIpc) is 2.72. The molecule has 0 amide bonds. The SMILES string of the molecule is O=C(CCc1ccc(F)cc1)c1c[nH]c(CO)c(OCc2ccccc2)c1=O. The van der Waals surface area contributed by atoms with Crippen molar-refractivity contribution in [2.45, 2.75) is 26.1 Å². The first-order chi connectivity index (χ1) is 13.6. The van der Waals surface area contributed by atoms with Gasteiger partial charge in [-0.15, -0.1) is 0 Å². The van der Waals surface area contributed by atoms with E-state index in [4.69, 9.17) is 4.74 Å². The number of carbonyl (C=O) groups excluding carboxylic acids is 1. The third kappa shape index (κ3) is 4.72. The van der Waals surface area contributed by atoms with Gasteiger partial charge in [0.25, 0.3) is 0 Å². The number of carbonyl (C=O) groups is 1. The number of ether oxygens (including phenoxy) is 1. The Hall–Kier alpha value is -3.25. The van der Waals surface area contributed by atoms with Crippen LogP contribution in [0.15, 0.2) is 65.6 Å². The lowest BCUT2D eigenvalue weighted by Crippen LogP contribution is -2.20. The predicted molar refractivity (Wildman–Crippen MR) is 103 cm³/mol. The Labute approximate surface area is 161 Å². The number of aromatic nitrogens is 1. The Bertz CT molecular complexity index is 997. The first kappa shape index (κ1) is 19.5. The lowest BCUT2D eigenvalue weighted by Gasteiger charge is -2.11. The van der Waals surface area contributed by atoms with Crippen LogP contribution in [0.3, 0.4) is 0 Å². The van der Waals surface area contributed by atoms with E-state index in [0.29, 0.717) is 6.42 Å². The average molecular weight is 381 g/mol. The molecule has 144 valence electrons. The van der Waals surface area contributed by atoms with Crippen molar-refractivity contribution < 1.29 is 19.0 Å². The zero-order valence-electron chi connectivity index (χ0n) is 15.2. The Morgan fingerprint density at radius 1 is 1.04 bits per heavy atom. The van der Waals surface area contributed by atoms with E-state index in [-0.39, 0.29) is 41.6 Å². The second-order valence-electron chi connectivity index (χ2n) is 6.32. The smallest absolute Gasteiger partial charge is 0.234 e. The van der Waals surface area contributed by atoms with Crippen LogP contribution in [0, 0.1) is 5.82 Å². The number of aryl methyl sites for hydroxylation is 1. The fourth-order valence-corrected chi connectivity index (χ4v) is 2.80. The summed E-state index contributed by atoms with van der Waals surface area (Å²) in [6, 6.07) is 15.2. The molecule has 1 heterocycles. The third-order valence-electron chi connectivity index (χ3n) is 4.35. The van der Waals surface area contributed by atoms with Gasteiger partial charge in [0.2, 0.25) is 5.43 Å². The molecule has 28 heavy (non-hydrogen) atoms. The Balaban J connectivity index is 1.76. The van der Waals surface area contributed by atoms with Gasteiger partial charge in [0, 0.05) is 12.6 Å². The number of hydrogen-bond acceptors (Lipinski definition) is 4. The molecular formula is C22H20FNO4. The number of aromatic amines is 1. The van der Waals surface area contributed by atoms with Crippen LogP contribution >= 0.6 is 0 Å². The van der Waals surface area contributed by atoms with Crippen LogP contribution in [0.4, 0.5) is 4.39 Å². The molecule has 5 nitrogen and oxygen atoms in total. The Kier molecular flexibility index (Phi) is 6.34. The minimum atomic E-state index is -0.553. The number of aliphatic hydroxyl groups is 1. The van der Waals surface area contributed by atoms with Crippen molar-refractivity contribution in [1.82, 2.24) is 4.98 Å². The maximum absolute atomic E-state index is 13.0. The van der Waals surface area contributed by atoms with E-state index in [1.54, 1.807) is 12.1 Å². The fraction of sp³-hybridized carbons (Fsp3) is 0.182. The second kappa shape index (κ2) is 9.10. The molecule has 0 bridgehead atoms. The standard InChI is InChI=1S/C22H20FNO4/c23-17-9-6-15(7-10-17)8-11-20(26)18-12-24-19(13-25)22(21(18)27)28-14-16-4-2-1-3-5-16/h1-7,9-10,12,25H,8,11,13-14H2,(H,24,27). The monoisotopic (exact) mass is 381 g/mol. The molecule has 0 saturated carbocycles. The van der Waals surface area contributed by atoms with Crippen LogP contribution in [0.25, 0.3) is 0 Å². The predicted octanol–water partition coefficient (Wildman–Crippen LogP) is 3.40. The number of ketones is 1. The molecule has 3 aromatic rings. The zero-order valence-corrected chi connectivity index (χ0v) is 15.2. The van der Waals surface area contributed by atoms with E-state index in [0.717, 1.165) is 11.1 Å². The van der Waals surface area contributed by atoms with Crippen molar-refractivity contribution in [2.24, 2.45) is 0 Å². The molecule has 6 heteroatoms. The highest BCUT2D eigenvalue weighted by molar-refractivity contribution is 5.96. The Morgan fingerprint density at radius 2 is 1.75 bits per heavy atom. The van der Waals surface area contributed by atoms with Gasteiger partial charge in [0.05, 0.1) is 17.9 Å². The number of rotatable bonds is 8. The lowest BCUT2D eigenvalue weighted by atomic mass is 10.0. The summed E-state index contributed by atoms with van der Waals surface area (Å²) in [6.07, 6.45) is 1.79. The van der Waals surface area contributed by atoms with Gasteiger partial charge >= 0.3 is 0 Å². The van der Waals surface area contributed by atoms with Crippen molar-refractivity contribution in [3.8, 4) is 5.75 Å². The summed E-state index contributed by atoms with van der Waals surface area (Å²) in [5.74, 6) is -0.745. The molecule has 0 radical (unpaired) electrons. The summed E-state index contributed by atoms with van der Waals surface area (Å²) in [4.78, 5) is 28.0. The number of H-pyrrole nitrogens is 1. The Morgan fingerprint density at radius 3 is 2.43 bits per heavy atom. The van der Waals surface area contributed by atoms with Gasteiger partial charge in [-0.1, -0.05) is 42.5 Å². The number of hydrogen-bond donors (Lipinski definition) is 2. The number of nitrogens with one attached hydrogen (secondary N) is 1. The zero-order chi connectivity index (χ0) is 19.9. The van der Waals surface area contributed by atoms with Gasteiger partial charge < -0.3 is 14.8 Å². The molecular weight excluding hydrogens is 361 g/mol. The minimum absolute atomic E-state index is 0.0256. The topological polar surface area (TPSA) is 79.4 Å². The maximum Gasteiger partial charge on any atom is 0.234 e. The van der Waals surface area contributed by atoms with E-state index >= 15 is 0 Å². The van der Waals surface area contributed by atoms with Gasteiger partial charge in [-0.25, -0.2) is 4.39 Å². The van der Waals surface area contributed by atoms with Gasteiger partial charge in [0.15, 0.2) is 11.5 Å². The van der Waals surface area contributed by atoms with Crippen LogP contribution < -0.4 is 10.2 Å². The third-order valence-corrected chi connectivity index (χ3v) is 4.35. The largest absolute Gasteiger partial charge is 0.483 e. The van der Waals surface area contributed by atoms with E-state index < -0.39 is 12.0 Å². The van der Waals surface area contributed by atoms with E-state index in [1.165, 1.54) is 18.3 Å². The number of benzene rings is 2. The molecule has 0 unspecified atom stereocenters. The van der Waals surface area contributed by atoms with Gasteiger partial charge in [0.1, 0.15) is 12.4 Å². The van der Waals surface area contributed by atoms with Crippen molar-refractivity contribution in [3.63, 3.8) is 0 Å². The van der Waals surface area contributed by atoms with Crippen molar-refractivity contribution in [2.75, 3.05) is 0 Å². The first-order valence-electron chi connectivity index (χ1n) is 8.88. The van der Waals surface area contributed by atoms with Crippen LogP contribution in [0.1, 0.15) is 33.6 Å².